The van der Waals surface area contributed by atoms with Gasteiger partial charge in [-0.05, 0) is 55.3 Å². The summed E-state index contributed by atoms with van der Waals surface area (Å²) < 4.78 is 26.1. The molecule has 0 bridgehead atoms. The normalized spacial score (nSPS) is 11.8. The van der Waals surface area contributed by atoms with Crippen molar-refractivity contribution in [3.8, 4) is 17.2 Å². The van der Waals surface area contributed by atoms with Gasteiger partial charge in [0, 0.05) is 0 Å². The summed E-state index contributed by atoms with van der Waals surface area (Å²) >= 11 is 4.14. The van der Waals surface area contributed by atoms with Crippen molar-refractivity contribution in [2.45, 2.75) is 78.1 Å². The molecule has 2 aromatic carbocycles. The van der Waals surface area contributed by atoms with Crippen LogP contribution in [0.2, 0.25) is 5.02 Å². The van der Waals surface area contributed by atoms with Crippen molar-refractivity contribution in [3.63, 3.8) is 0 Å². The van der Waals surface area contributed by atoms with Crippen molar-refractivity contribution in [2.24, 2.45) is 0 Å². The van der Waals surface area contributed by atoms with Crippen molar-refractivity contribution in [2.75, 3.05) is 11.3 Å². The first-order valence-electron chi connectivity index (χ1n) is 11.6. The van der Waals surface area contributed by atoms with E-state index in [1.807, 2.05) is 12.1 Å². The van der Waals surface area contributed by atoms with Crippen LogP contribution in [-0.2, 0) is 11.3 Å². The quantitative estimate of drug-likeness (QED) is 0.190. The molecule has 0 aliphatic carbocycles. The molecular weight excluding hydrogens is 446 g/mol. The maximum atomic E-state index is 12.2. The molecule has 0 heterocycles. The molecule has 0 saturated heterocycles. The molecule has 0 aromatic heterocycles. The summed E-state index contributed by atoms with van der Waals surface area (Å²) in [6.07, 6.45) is 13.0. The molecule has 0 saturated carbocycles. The molecule has 1 atom stereocenters. The smallest absolute Gasteiger partial charge is 0.316 e. The van der Waals surface area contributed by atoms with Crippen molar-refractivity contribution >= 4 is 28.6 Å². The number of hydrogen-bond donors (Lipinski definition) is 2. The Morgan fingerprint density at radius 1 is 0.906 bits per heavy atom. The number of anilines is 1. The Morgan fingerprint density at radius 3 is 2.06 bits per heavy atom. The molecule has 2 N–H and O–H groups in total. The Morgan fingerprint density at radius 2 is 1.47 bits per heavy atom. The largest absolute Gasteiger partial charge is 0.506 e. The molecule has 0 amide bonds. The number of nitrogens with one attached hydrogen (secondary N) is 1. The Kier molecular flexibility index (Phi) is 12.4. The van der Waals surface area contributed by atoms with E-state index >= 15 is 0 Å². The molecule has 2 rings (SSSR count). The number of hydrogen-bond acceptors (Lipinski definition) is 4. The predicted octanol–water partition coefficient (Wildman–Crippen LogP) is 7.72. The number of unbranched alkanes of at least 4 members (excludes halogenated alkanes) is 9. The van der Waals surface area contributed by atoms with Crippen LogP contribution in [0.3, 0.4) is 0 Å². The standard InChI is InChI=1S/C25H36ClNO4S/c1-3-4-5-6-7-8-9-10-11-12-17-30-22-13-15-23(16-14-22)31-32(29)27-21-18-20(2)25(28)24(26)19-21/h13-16,18-19,27-28H,3-12,17H2,1-2H3. The van der Waals surface area contributed by atoms with Crippen molar-refractivity contribution in [1.82, 2.24) is 0 Å². The highest BCUT2D eigenvalue weighted by molar-refractivity contribution is 7.81. The second-order valence-corrected chi connectivity index (χ2v) is 9.29. The first kappa shape index (κ1) is 26.3. The van der Waals surface area contributed by atoms with Crippen molar-refractivity contribution in [3.05, 3.63) is 47.0 Å². The Balaban J connectivity index is 1.60. The third-order valence-electron chi connectivity index (χ3n) is 5.22. The van der Waals surface area contributed by atoms with Gasteiger partial charge in [-0.15, -0.1) is 0 Å². The van der Waals surface area contributed by atoms with Gasteiger partial charge in [0.05, 0.1) is 17.3 Å². The molecule has 0 aliphatic heterocycles. The lowest BCUT2D eigenvalue weighted by molar-refractivity contribution is 0.304. The molecular formula is C25H36ClNO4S. The van der Waals surface area contributed by atoms with Gasteiger partial charge in [0.1, 0.15) is 17.2 Å². The molecule has 178 valence electrons. The summed E-state index contributed by atoms with van der Waals surface area (Å²) in [5.74, 6) is 1.24. The zero-order chi connectivity index (χ0) is 23.2. The highest BCUT2D eigenvalue weighted by Crippen LogP contribution is 2.31. The van der Waals surface area contributed by atoms with E-state index < -0.39 is 11.3 Å². The second kappa shape index (κ2) is 15.0. The van der Waals surface area contributed by atoms with Crippen LogP contribution in [0.5, 0.6) is 17.2 Å². The first-order valence-corrected chi connectivity index (χ1v) is 13.0. The molecule has 0 radical (unpaired) electrons. The van der Waals surface area contributed by atoms with Crippen molar-refractivity contribution < 1.29 is 18.2 Å². The zero-order valence-corrected chi connectivity index (χ0v) is 20.8. The van der Waals surface area contributed by atoms with Crippen molar-refractivity contribution in [1.29, 1.82) is 0 Å². The van der Waals surface area contributed by atoms with E-state index in [1.54, 1.807) is 25.1 Å². The highest BCUT2D eigenvalue weighted by Gasteiger charge is 2.09. The van der Waals surface area contributed by atoms with Gasteiger partial charge in [-0.2, -0.15) is 4.21 Å². The van der Waals surface area contributed by atoms with E-state index in [-0.39, 0.29) is 10.8 Å². The van der Waals surface area contributed by atoms with Crippen LogP contribution >= 0.6 is 11.6 Å². The maximum absolute atomic E-state index is 12.2. The number of halogens is 1. The van der Waals surface area contributed by atoms with Crippen LogP contribution in [-0.4, -0.2) is 15.9 Å². The third-order valence-corrected chi connectivity index (χ3v) is 6.25. The summed E-state index contributed by atoms with van der Waals surface area (Å²) in [6.45, 7) is 4.67. The number of phenolic OH excluding ortho intramolecular Hbond substituents is 1. The maximum Gasteiger partial charge on any atom is 0.316 e. The van der Waals surface area contributed by atoms with Gasteiger partial charge in [-0.1, -0.05) is 76.3 Å². The van der Waals surface area contributed by atoms with Crippen LogP contribution in [0.25, 0.3) is 0 Å². The van der Waals surface area contributed by atoms with Gasteiger partial charge in [-0.3, -0.25) is 4.72 Å². The summed E-state index contributed by atoms with van der Waals surface area (Å²) in [4.78, 5) is 0. The average Bonchev–Trinajstić information content (AvgIpc) is 2.77. The van der Waals surface area contributed by atoms with E-state index in [1.165, 1.54) is 63.9 Å². The highest BCUT2D eigenvalue weighted by atomic mass is 35.5. The van der Waals surface area contributed by atoms with E-state index in [4.69, 9.17) is 20.5 Å². The number of aromatic hydroxyl groups is 1. The lowest BCUT2D eigenvalue weighted by atomic mass is 10.1. The van der Waals surface area contributed by atoms with Gasteiger partial charge in [0.25, 0.3) is 0 Å². The van der Waals surface area contributed by atoms with Gasteiger partial charge in [0.2, 0.25) is 0 Å². The number of ether oxygens (including phenoxy) is 1. The fourth-order valence-electron chi connectivity index (χ4n) is 3.37. The lowest BCUT2D eigenvalue weighted by Gasteiger charge is -2.10. The van der Waals surface area contributed by atoms with E-state index in [9.17, 15) is 9.32 Å². The summed E-state index contributed by atoms with van der Waals surface area (Å²) in [5, 5.41) is 9.89. The van der Waals surface area contributed by atoms with Gasteiger partial charge >= 0.3 is 11.3 Å². The van der Waals surface area contributed by atoms with E-state index in [2.05, 4.69) is 11.6 Å². The Hall–Kier alpha value is -1.92. The van der Waals surface area contributed by atoms with Gasteiger partial charge < -0.3 is 14.0 Å². The number of aryl methyl sites for hydroxylation is 1. The van der Waals surface area contributed by atoms with E-state index in [0.717, 1.165) is 12.2 Å². The third kappa shape index (κ3) is 10.1. The van der Waals surface area contributed by atoms with Crippen LogP contribution in [0.15, 0.2) is 36.4 Å². The van der Waals surface area contributed by atoms with Gasteiger partial charge in [-0.25, -0.2) is 0 Å². The minimum atomic E-state index is -1.80. The minimum absolute atomic E-state index is 0.0114. The first-order chi connectivity index (χ1) is 15.5. The molecule has 32 heavy (non-hydrogen) atoms. The molecule has 5 nitrogen and oxygen atoms in total. The molecule has 0 fully saturated rings. The average molecular weight is 482 g/mol. The van der Waals surface area contributed by atoms with E-state index in [0.29, 0.717) is 23.6 Å². The molecule has 7 heteroatoms. The molecule has 0 aliphatic rings. The summed E-state index contributed by atoms with van der Waals surface area (Å²) in [6, 6.07) is 10.2. The number of benzene rings is 2. The monoisotopic (exact) mass is 481 g/mol. The fourth-order valence-corrected chi connectivity index (χ4v) is 4.28. The zero-order valence-electron chi connectivity index (χ0n) is 19.2. The Labute approximate surface area is 200 Å². The minimum Gasteiger partial charge on any atom is -0.506 e. The predicted molar refractivity (Wildman–Crippen MR) is 134 cm³/mol. The van der Waals surface area contributed by atoms with Gasteiger partial charge in [0.15, 0.2) is 0 Å². The second-order valence-electron chi connectivity index (χ2n) is 8.05. The summed E-state index contributed by atoms with van der Waals surface area (Å²) in [5.41, 5.74) is 1.08. The lowest BCUT2D eigenvalue weighted by Crippen LogP contribution is -2.11. The number of phenols is 1. The van der Waals surface area contributed by atoms with Crippen LogP contribution in [0.4, 0.5) is 5.69 Å². The van der Waals surface area contributed by atoms with Crippen LogP contribution < -0.4 is 13.6 Å². The van der Waals surface area contributed by atoms with Crippen LogP contribution in [0.1, 0.15) is 76.7 Å². The fraction of sp³-hybridized carbons (Fsp3) is 0.520. The molecule has 1 unspecified atom stereocenters. The van der Waals surface area contributed by atoms with Crippen LogP contribution in [0, 0.1) is 6.92 Å². The Bertz CT molecular complexity index is 806. The topological polar surface area (TPSA) is 67.8 Å². The molecule has 2 aromatic rings. The SMILES string of the molecule is CCCCCCCCCCCCOc1ccc(OS(=O)Nc2cc(C)c(O)c(Cl)c2)cc1. The molecule has 0 spiro atoms. The number of rotatable bonds is 16. The summed E-state index contributed by atoms with van der Waals surface area (Å²) in [7, 11) is 0.